The van der Waals surface area contributed by atoms with Gasteiger partial charge in [-0.25, -0.2) is 8.42 Å². The molecule has 1 unspecified atom stereocenters. The van der Waals surface area contributed by atoms with Gasteiger partial charge in [-0.2, -0.15) is 0 Å². The third-order valence-electron chi connectivity index (χ3n) is 2.72. The van der Waals surface area contributed by atoms with E-state index in [1.165, 1.54) is 12.1 Å². The first-order chi connectivity index (χ1) is 9.53. The van der Waals surface area contributed by atoms with Gasteiger partial charge in [-0.15, -0.1) is 11.6 Å². The fraction of sp³-hybridized carbons (Fsp3) is 0.143. The Labute approximate surface area is 123 Å². The molecule has 0 saturated heterocycles. The lowest BCUT2D eigenvalue weighted by atomic mass is 10.1. The number of alkyl halides is 1. The summed E-state index contributed by atoms with van der Waals surface area (Å²) in [6.07, 6.45) is -0.821. The Morgan fingerprint density at radius 2 is 1.80 bits per heavy atom. The van der Waals surface area contributed by atoms with Crippen LogP contribution in [0.4, 0.5) is 5.69 Å². The van der Waals surface area contributed by atoms with E-state index in [-0.39, 0.29) is 10.8 Å². The number of hydrogen-bond donors (Lipinski definition) is 2. The van der Waals surface area contributed by atoms with Gasteiger partial charge in [-0.1, -0.05) is 30.3 Å². The Hall–Kier alpha value is -1.56. The van der Waals surface area contributed by atoms with Crippen molar-refractivity contribution in [3.05, 3.63) is 60.2 Å². The quantitative estimate of drug-likeness (QED) is 0.834. The van der Waals surface area contributed by atoms with E-state index < -0.39 is 16.1 Å². The Kier molecular flexibility index (Phi) is 4.65. The number of aliphatic hydroxyl groups is 1. The number of nitrogens with one attached hydrogen (secondary N) is 1. The average Bonchev–Trinajstić information content (AvgIpc) is 2.47. The van der Waals surface area contributed by atoms with Crippen LogP contribution in [-0.2, 0) is 10.0 Å². The van der Waals surface area contributed by atoms with Gasteiger partial charge in [-0.05, 0) is 29.8 Å². The maximum atomic E-state index is 12.2. The molecule has 0 heterocycles. The van der Waals surface area contributed by atoms with Crippen molar-refractivity contribution < 1.29 is 13.5 Å². The molecule has 0 saturated carbocycles. The van der Waals surface area contributed by atoms with Crippen molar-refractivity contribution in [1.29, 1.82) is 0 Å². The van der Waals surface area contributed by atoms with Crippen LogP contribution in [0.15, 0.2) is 59.5 Å². The zero-order valence-electron chi connectivity index (χ0n) is 10.5. The van der Waals surface area contributed by atoms with E-state index in [9.17, 15) is 13.5 Å². The van der Waals surface area contributed by atoms with Gasteiger partial charge in [0.1, 0.15) is 0 Å². The first kappa shape index (κ1) is 14.8. The standard InChI is InChI=1S/C14H14ClNO3S/c15-10-14(17)11-5-4-6-12(9-11)16-20(18,19)13-7-2-1-3-8-13/h1-9,14,16-17H,10H2. The van der Waals surface area contributed by atoms with Crippen LogP contribution in [0.2, 0.25) is 0 Å². The average molecular weight is 312 g/mol. The highest BCUT2D eigenvalue weighted by Gasteiger charge is 2.14. The minimum atomic E-state index is -3.63. The fourth-order valence-electron chi connectivity index (χ4n) is 1.71. The molecule has 0 spiro atoms. The first-order valence-electron chi connectivity index (χ1n) is 5.95. The molecule has 2 aromatic carbocycles. The van der Waals surface area contributed by atoms with E-state index >= 15 is 0 Å². The summed E-state index contributed by atoms with van der Waals surface area (Å²) in [7, 11) is -3.63. The van der Waals surface area contributed by atoms with E-state index in [0.29, 0.717) is 11.3 Å². The van der Waals surface area contributed by atoms with Gasteiger partial charge in [0.15, 0.2) is 0 Å². The molecule has 0 aromatic heterocycles. The molecule has 0 aliphatic carbocycles. The number of anilines is 1. The highest BCUT2D eigenvalue weighted by Crippen LogP contribution is 2.21. The Bertz CT molecular complexity index is 674. The maximum Gasteiger partial charge on any atom is 0.261 e. The van der Waals surface area contributed by atoms with Crippen LogP contribution >= 0.6 is 11.6 Å². The molecule has 0 amide bonds. The smallest absolute Gasteiger partial charge is 0.261 e. The monoisotopic (exact) mass is 311 g/mol. The van der Waals surface area contributed by atoms with Gasteiger partial charge in [0.25, 0.3) is 10.0 Å². The van der Waals surface area contributed by atoms with Crippen LogP contribution in [0.5, 0.6) is 0 Å². The Balaban J connectivity index is 2.26. The summed E-state index contributed by atoms with van der Waals surface area (Å²) in [5.41, 5.74) is 0.948. The molecule has 0 radical (unpaired) electrons. The predicted molar refractivity (Wildman–Crippen MR) is 79.4 cm³/mol. The number of halogens is 1. The van der Waals surface area contributed by atoms with Crippen LogP contribution in [-0.4, -0.2) is 19.4 Å². The lowest BCUT2D eigenvalue weighted by Gasteiger charge is -2.11. The second-order valence-corrected chi connectivity index (χ2v) is 6.21. The SMILES string of the molecule is O=S(=O)(Nc1cccc(C(O)CCl)c1)c1ccccc1. The first-order valence-corrected chi connectivity index (χ1v) is 7.96. The van der Waals surface area contributed by atoms with Crippen molar-refractivity contribution in [2.75, 3.05) is 10.6 Å². The molecular weight excluding hydrogens is 298 g/mol. The summed E-state index contributed by atoms with van der Waals surface area (Å²) in [5.74, 6) is 0.0505. The van der Waals surface area contributed by atoms with Crippen LogP contribution in [0.1, 0.15) is 11.7 Å². The van der Waals surface area contributed by atoms with Gasteiger partial charge in [-0.3, -0.25) is 4.72 Å². The Morgan fingerprint density at radius 3 is 2.45 bits per heavy atom. The molecule has 106 valence electrons. The fourth-order valence-corrected chi connectivity index (χ4v) is 2.96. The van der Waals surface area contributed by atoms with Gasteiger partial charge >= 0.3 is 0 Å². The number of hydrogen-bond acceptors (Lipinski definition) is 3. The summed E-state index contributed by atoms with van der Waals surface area (Å²) in [6.45, 7) is 0. The van der Waals surface area contributed by atoms with Crippen LogP contribution < -0.4 is 4.72 Å². The predicted octanol–water partition coefficient (Wildman–Crippen LogP) is 2.76. The topological polar surface area (TPSA) is 66.4 Å². The van der Waals surface area contributed by atoms with Crippen molar-refractivity contribution >= 4 is 27.3 Å². The Morgan fingerprint density at radius 1 is 1.10 bits per heavy atom. The normalized spacial score (nSPS) is 12.9. The minimum Gasteiger partial charge on any atom is -0.387 e. The molecule has 1 atom stereocenters. The molecule has 0 fully saturated rings. The summed E-state index contributed by atoms with van der Waals surface area (Å²) >= 11 is 5.58. The van der Waals surface area contributed by atoms with E-state index in [1.54, 1.807) is 42.5 Å². The lowest BCUT2D eigenvalue weighted by Crippen LogP contribution is -2.13. The van der Waals surface area contributed by atoms with Crippen molar-refractivity contribution in [2.45, 2.75) is 11.0 Å². The molecule has 20 heavy (non-hydrogen) atoms. The second kappa shape index (κ2) is 6.26. The molecule has 2 N–H and O–H groups in total. The number of aliphatic hydroxyl groups excluding tert-OH is 1. The zero-order valence-corrected chi connectivity index (χ0v) is 12.1. The molecule has 6 heteroatoms. The molecule has 0 bridgehead atoms. The summed E-state index contributed by atoms with van der Waals surface area (Å²) in [6, 6.07) is 14.6. The van der Waals surface area contributed by atoms with Crippen LogP contribution in [0, 0.1) is 0 Å². The van der Waals surface area contributed by atoms with Crippen LogP contribution in [0.25, 0.3) is 0 Å². The van der Waals surface area contributed by atoms with E-state index in [4.69, 9.17) is 11.6 Å². The largest absolute Gasteiger partial charge is 0.387 e. The highest BCUT2D eigenvalue weighted by atomic mass is 35.5. The number of benzene rings is 2. The van der Waals surface area contributed by atoms with Crippen LogP contribution in [0.3, 0.4) is 0 Å². The molecule has 4 nitrogen and oxygen atoms in total. The molecule has 0 aliphatic heterocycles. The zero-order chi connectivity index (χ0) is 14.6. The van der Waals surface area contributed by atoms with Crippen molar-refractivity contribution in [3.63, 3.8) is 0 Å². The number of sulfonamides is 1. The maximum absolute atomic E-state index is 12.2. The third kappa shape index (κ3) is 3.50. The van der Waals surface area contributed by atoms with E-state index in [1.807, 2.05) is 0 Å². The van der Waals surface area contributed by atoms with Gasteiger partial charge in [0.05, 0.1) is 16.9 Å². The van der Waals surface area contributed by atoms with E-state index in [2.05, 4.69) is 4.72 Å². The highest BCUT2D eigenvalue weighted by molar-refractivity contribution is 7.92. The van der Waals surface area contributed by atoms with Crippen molar-refractivity contribution in [3.8, 4) is 0 Å². The third-order valence-corrected chi connectivity index (χ3v) is 4.41. The minimum absolute atomic E-state index is 0.0505. The van der Waals surface area contributed by atoms with Gasteiger partial charge in [0.2, 0.25) is 0 Å². The van der Waals surface area contributed by atoms with Gasteiger partial charge < -0.3 is 5.11 Å². The molecule has 2 aromatic rings. The molecule has 2 rings (SSSR count). The lowest BCUT2D eigenvalue weighted by molar-refractivity contribution is 0.203. The summed E-state index contributed by atoms with van der Waals surface area (Å²) in [4.78, 5) is 0.184. The summed E-state index contributed by atoms with van der Waals surface area (Å²) in [5, 5.41) is 9.66. The molecular formula is C14H14ClNO3S. The second-order valence-electron chi connectivity index (χ2n) is 4.21. The number of rotatable bonds is 5. The van der Waals surface area contributed by atoms with Crippen molar-refractivity contribution in [1.82, 2.24) is 0 Å². The van der Waals surface area contributed by atoms with Crippen molar-refractivity contribution in [2.24, 2.45) is 0 Å². The summed E-state index contributed by atoms with van der Waals surface area (Å²) < 4.78 is 26.8. The van der Waals surface area contributed by atoms with E-state index in [0.717, 1.165) is 0 Å². The molecule has 0 aliphatic rings. The van der Waals surface area contributed by atoms with Gasteiger partial charge in [0, 0.05) is 5.69 Å².